The molecule has 1 N–H and O–H groups in total. The van der Waals surface area contributed by atoms with Crippen LogP contribution in [-0.4, -0.2) is 5.11 Å². The van der Waals surface area contributed by atoms with Crippen LogP contribution in [0.2, 0.25) is 0 Å². The van der Waals surface area contributed by atoms with Gasteiger partial charge in [0.2, 0.25) is 0 Å². The molecule has 1 rings (SSSR count). The fourth-order valence-corrected chi connectivity index (χ4v) is 1.22. The number of aryl methyl sites for hydroxylation is 1. The van der Waals surface area contributed by atoms with Crippen molar-refractivity contribution in [2.45, 2.75) is 34.1 Å². The second kappa shape index (κ2) is 6.23. The van der Waals surface area contributed by atoms with E-state index in [4.69, 9.17) is 0 Å². The molecule has 1 aromatic carbocycles. The average molecular weight is 210 g/mol. The van der Waals surface area contributed by atoms with E-state index in [0.29, 0.717) is 23.1 Å². The van der Waals surface area contributed by atoms with Gasteiger partial charge in [-0.25, -0.2) is 4.39 Å². The normalized spacial score (nSPS) is 9.13. The van der Waals surface area contributed by atoms with Crippen molar-refractivity contribution in [2.75, 3.05) is 0 Å². The molecule has 0 unspecified atom stereocenters. The Kier molecular flexibility index (Phi) is 5.68. The number of phenolic OH excluding ortho intramolecular Hbond substituents is 1. The van der Waals surface area contributed by atoms with Gasteiger partial charge < -0.3 is 5.11 Å². The number of hydrogen-bond acceptors (Lipinski definition) is 1. The molecule has 0 aromatic heterocycles. The van der Waals surface area contributed by atoms with Crippen molar-refractivity contribution in [2.24, 2.45) is 0 Å². The first-order chi connectivity index (χ1) is 7.06. The average Bonchev–Trinajstić information content (AvgIpc) is 2.23. The molecule has 0 aliphatic carbocycles. The lowest BCUT2D eigenvalue weighted by molar-refractivity contribution is 0.469. The Morgan fingerprint density at radius 1 is 1.40 bits per heavy atom. The molecule has 1 aromatic rings. The standard InChI is InChI=1S/C11H13FO.C2H6/c1-4-8-5-11(13)9(7(2)3)6-10(8)12;1-2/h5-6,13H,2,4H2,1,3H3;1-2H3. The maximum absolute atomic E-state index is 13.2. The van der Waals surface area contributed by atoms with E-state index >= 15 is 0 Å². The molecule has 0 radical (unpaired) electrons. The van der Waals surface area contributed by atoms with Crippen LogP contribution in [0.4, 0.5) is 4.39 Å². The Morgan fingerprint density at radius 2 is 1.93 bits per heavy atom. The van der Waals surface area contributed by atoms with Crippen LogP contribution in [0.1, 0.15) is 38.8 Å². The molecule has 0 fully saturated rings. The van der Waals surface area contributed by atoms with Crippen LogP contribution in [-0.2, 0) is 6.42 Å². The van der Waals surface area contributed by atoms with E-state index in [1.165, 1.54) is 12.1 Å². The van der Waals surface area contributed by atoms with Crippen molar-refractivity contribution in [3.05, 3.63) is 35.7 Å². The largest absolute Gasteiger partial charge is 0.507 e. The Morgan fingerprint density at radius 3 is 2.33 bits per heavy atom. The second-order valence-corrected chi connectivity index (χ2v) is 3.09. The zero-order chi connectivity index (χ0) is 12.0. The first kappa shape index (κ1) is 13.7. The molecule has 0 atom stereocenters. The summed E-state index contributed by atoms with van der Waals surface area (Å²) in [6, 6.07) is 2.79. The minimum absolute atomic E-state index is 0.103. The molecule has 0 saturated heterocycles. The predicted octanol–water partition coefficient (Wildman–Crippen LogP) is 4.15. The summed E-state index contributed by atoms with van der Waals surface area (Å²) in [6.07, 6.45) is 0.579. The maximum Gasteiger partial charge on any atom is 0.127 e. The van der Waals surface area contributed by atoms with Crippen molar-refractivity contribution in [1.29, 1.82) is 0 Å². The molecular formula is C13H19FO. The van der Waals surface area contributed by atoms with Crippen LogP contribution in [0.5, 0.6) is 5.75 Å². The molecule has 15 heavy (non-hydrogen) atoms. The third kappa shape index (κ3) is 3.39. The summed E-state index contributed by atoms with van der Waals surface area (Å²) in [5.74, 6) is -0.177. The molecule has 0 aliphatic heterocycles. The fraction of sp³-hybridized carbons (Fsp3) is 0.385. The van der Waals surface area contributed by atoms with Gasteiger partial charge in [-0.15, -0.1) is 0 Å². The summed E-state index contributed by atoms with van der Waals surface area (Å²) in [7, 11) is 0. The Balaban J connectivity index is 0.000000921. The van der Waals surface area contributed by atoms with Crippen molar-refractivity contribution < 1.29 is 9.50 Å². The van der Waals surface area contributed by atoms with Gasteiger partial charge in [0.15, 0.2) is 0 Å². The fourth-order valence-electron chi connectivity index (χ4n) is 1.22. The van der Waals surface area contributed by atoms with E-state index in [0.717, 1.165) is 0 Å². The van der Waals surface area contributed by atoms with Crippen molar-refractivity contribution in [1.82, 2.24) is 0 Å². The van der Waals surface area contributed by atoms with Crippen LogP contribution < -0.4 is 0 Å². The Hall–Kier alpha value is -1.31. The van der Waals surface area contributed by atoms with Gasteiger partial charge in [0, 0.05) is 5.56 Å². The monoisotopic (exact) mass is 210 g/mol. The summed E-state index contributed by atoms with van der Waals surface area (Å²) >= 11 is 0. The minimum atomic E-state index is -0.279. The van der Waals surface area contributed by atoms with Crippen molar-refractivity contribution >= 4 is 5.57 Å². The quantitative estimate of drug-likeness (QED) is 0.777. The van der Waals surface area contributed by atoms with E-state index in [9.17, 15) is 9.50 Å². The third-order valence-corrected chi connectivity index (χ3v) is 2.01. The van der Waals surface area contributed by atoms with Crippen LogP contribution in [0.25, 0.3) is 5.57 Å². The summed E-state index contributed by atoms with van der Waals surface area (Å²) < 4.78 is 13.2. The highest BCUT2D eigenvalue weighted by Gasteiger charge is 2.07. The van der Waals surface area contributed by atoms with Crippen LogP contribution in [0.15, 0.2) is 18.7 Å². The lowest BCUT2D eigenvalue weighted by Crippen LogP contribution is -1.90. The molecule has 84 valence electrons. The van der Waals surface area contributed by atoms with E-state index in [1.807, 2.05) is 20.8 Å². The van der Waals surface area contributed by atoms with Gasteiger partial charge in [-0.2, -0.15) is 0 Å². The number of halogens is 1. The number of phenols is 1. The molecule has 0 spiro atoms. The highest BCUT2D eigenvalue weighted by molar-refractivity contribution is 5.67. The predicted molar refractivity (Wildman–Crippen MR) is 63.5 cm³/mol. The van der Waals surface area contributed by atoms with Gasteiger partial charge >= 0.3 is 0 Å². The van der Waals surface area contributed by atoms with Gasteiger partial charge in [0.25, 0.3) is 0 Å². The first-order valence-electron chi connectivity index (χ1n) is 5.23. The number of aromatic hydroxyl groups is 1. The van der Waals surface area contributed by atoms with Crippen LogP contribution >= 0.6 is 0 Å². The highest BCUT2D eigenvalue weighted by Crippen LogP contribution is 2.27. The van der Waals surface area contributed by atoms with E-state index in [1.54, 1.807) is 6.92 Å². The summed E-state index contributed by atoms with van der Waals surface area (Å²) in [6.45, 7) is 11.2. The van der Waals surface area contributed by atoms with Gasteiger partial charge in [-0.05, 0) is 36.6 Å². The molecular weight excluding hydrogens is 191 g/mol. The molecule has 0 heterocycles. The Labute approximate surface area is 91.3 Å². The lowest BCUT2D eigenvalue weighted by atomic mass is 10.0. The zero-order valence-electron chi connectivity index (χ0n) is 9.89. The highest BCUT2D eigenvalue weighted by atomic mass is 19.1. The van der Waals surface area contributed by atoms with Crippen molar-refractivity contribution in [3.8, 4) is 5.75 Å². The summed E-state index contributed by atoms with van der Waals surface area (Å²) in [5, 5.41) is 9.49. The maximum atomic E-state index is 13.2. The number of benzene rings is 1. The number of allylic oxidation sites excluding steroid dienone is 1. The molecule has 0 bridgehead atoms. The molecule has 0 aliphatic rings. The smallest absolute Gasteiger partial charge is 0.127 e. The molecule has 0 saturated carbocycles. The molecule has 1 nitrogen and oxygen atoms in total. The van der Waals surface area contributed by atoms with E-state index < -0.39 is 0 Å². The van der Waals surface area contributed by atoms with Gasteiger partial charge in [0.05, 0.1) is 0 Å². The van der Waals surface area contributed by atoms with E-state index in [-0.39, 0.29) is 11.6 Å². The van der Waals surface area contributed by atoms with E-state index in [2.05, 4.69) is 6.58 Å². The van der Waals surface area contributed by atoms with Gasteiger partial charge in [-0.3, -0.25) is 0 Å². The number of rotatable bonds is 2. The van der Waals surface area contributed by atoms with Gasteiger partial charge in [-0.1, -0.05) is 27.4 Å². The summed E-state index contributed by atoms with van der Waals surface area (Å²) in [4.78, 5) is 0. The van der Waals surface area contributed by atoms with Crippen LogP contribution in [0.3, 0.4) is 0 Å². The minimum Gasteiger partial charge on any atom is -0.507 e. The SMILES string of the molecule is C=C(C)c1cc(F)c(CC)cc1O.CC. The molecule has 0 amide bonds. The second-order valence-electron chi connectivity index (χ2n) is 3.09. The zero-order valence-corrected chi connectivity index (χ0v) is 9.89. The van der Waals surface area contributed by atoms with Crippen LogP contribution in [0, 0.1) is 5.82 Å². The van der Waals surface area contributed by atoms with Gasteiger partial charge in [0.1, 0.15) is 11.6 Å². The third-order valence-electron chi connectivity index (χ3n) is 2.01. The lowest BCUT2D eigenvalue weighted by Gasteiger charge is -2.06. The first-order valence-corrected chi connectivity index (χ1v) is 5.23. The van der Waals surface area contributed by atoms with Crippen molar-refractivity contribution in [3.63, 3.8) is 0 Å². The summed E-state index contributed by atoms with van der Waals surface area (Å²) in [5.41, 5.74) is 1.68. The Bertz CT molecular complexity index is 343. The number of hydrogen-bond donors (Lipinski definition) is 1. The topological polar surface area (TPSA) is 20.2 Å². The molecule has 2 heteroatoms.